The molecule has 0 nitrogen and oxygen atoms in total. The van der Waals surface area contributed by atoms with Gasteiger partial charge in [0, 0.05) is 0 Å². The number of aryl methyl sites for hydroxylation is 1. The Balaban J connectivity index is 1.56. The molecule has 0 aliphatic heterocycles. The molecular weight excluding hydrogens is 288 g/mol. The van der Waals surface area contributed by atoms with Gasteiger partial charge >= 0.3 is 0 Å². The van der Waals surface area contributed by atoms with Crippen molar-refractivity contribution in [2.75, 3.05) is 0 Å². The summed E-state index contributed by atoms with van der Waals surface area (Å²) < 4.78 is 0. The van der Waals surface area contributed by atoms with Crippen molar-refractivity contribution in [3.8, 4) is 0 Å². The quantitative estimate of drug-likeness (QED) is 0.456. The zero-order valence-electron chi connectivity index (χ0n) is 16.2. The average molecular weight is 327 g/mol. The summed E-state index contributed by atoms with van der Waals surface area (Å²) in [5.74, 6) is 2.83. The third-order valence-corrected chi connectivity index (χ3v) is 6.79. The fraction of sp³-hybridized carbons (Fsp3) is 0.750. The Morgan fingerprint density at radius 1 is 0.792 bits per heavy atom. The summed E-state index contributed by atoms with van der Waals surface area (Å²) in [5.41, 5.74) is 5.02. The first-order valence-corrected chi connectivity index (χ1v) is 10.9. The van der Waals surface area contributed by atoms with E-state index in [1.54, 1.807) is 16.7 Å². The Kier molecular flexibility index (Phi) is 6.81. The van der Waals surface area contributed by atoms with E-state index in [0.717, 1.165) is 17.8 Å². The van der Waals surface area contributed by atoms with Gasteiger partial charge in [-0.1, -0.05) is 70.6 Å². The second kappa shape index (κ2) is 9.07. The number of rotatable bonds is 7. The number of benzene rings is 1. The van der Waals surface area contributed by atoms with Crippen LogP contribution in [0, 0.1) is 11.8 Å². The summed E-state index contributed by atoms with van der Waals surface area (Å²) in [6, 6.07) is 7.58. The van der Waals surface area contributed by atoms with Crippen molar-refractivity contribution in [1.29, 1.82) is 0 Å². The first-order valence-electron chi connectivity index (χ1n) is 10.9. The number of fused-ring (bicyclic) bond motifs is 1. The first kappa shape index (κ1) is 18.0. The van der Waals surface area contributed by atoms with Gasteiger partial charge in [-0.2, -0.15) is 0 Å². The molecular formula is C24H38. The Hall–Kier alpha value is -0.780. The molecule has 0 heterocycles. The minimum atomic E-state index is 0.852. The third-order valence-electron chi connectivity index (χ3n) is 6.79. The predicted molar refractivity (Wildman–Crippen MR) is 106 cm³/mol. The lowest BCUT2D eigenvalue weighted by Crippen LogP contribution is -2.16. The Morgan fingerprint density at radius 3 is 2.38 bits per heavy atom. The van der Waals surface area contributed by atoms with Gasteiger partial charge in [-0.15, -0.1) is 0 Å². The summed E-state index contributed by atoms with van der Waals surface area (Å²) >= 11 is 0. The zero-order valence-corrected chi connectivity index (χ0v) is 16.2. The second-order valence-electron chi connectivity index (χ2n) is 8.64. The summed E-state index contributed by atoms with van der Waals surface area (Å²) in [6.07, 6.45) is 18.4. The van der Waals surface area contributed by atoms with Crippen LogP contribution >= 0.6 is 0 Å². The molecule has 2 aliphatic carbocycles. The van der Waals surface area contributed by atoms with Crippen molar-refractivity contribution in [2.24, 2.45) is 11.8 Å². The molecule has 0 saturated heterocycles. The summed E-state index contributed by atoms with van der Waals surface area (Å²) in [5, 5.41) is 0. The zero-order chi connectivity index (χ0) is 16.8. The van der Waals surface area contributed by atoms with Gasteiger partial charge in [0.25, 0.3) is 0 Å². The fourth-order valence-corrected chi connectivity index (χ4v) is 5.23. The molecule has 2 aliphatic rings. The van der Waals surface area contributed by atoms with Crippen molar-refractivity contribution in [1.82, 2.24) is 0 Å². The van der Waals surface area contributed by atoms with Crippen molar-refractivity contribution < 1.29 is 0 Å². The van der Waals surface area contributed by atoms with Crippen LogP contribution in [0.25, 0.3) is 0 Å². The van der Waals surface area contributed by atoms with E-state index in [9.17, 15) is 0 Å². The molecule has 24 heavy (non-hydrogen) atoms. The normalized spacial score (nSPS) is 27.0. The van der Waals surface area contributed by atoms with Crippen LogP contribution in [0.3, 0.4) is 0 Å². The van der Waals surface area contributed by atoms with Crippen molar-refractivity contribution in [3.63, 3.8) is 0 Å². The highest BCUT2D eigenvalue weighted by molar-refractivity contribution is 5.36. The van der Waals surface area contributed by atoms with Crippen LogP contribution in [0.5, 0.6) is 0 Å². The molecule has 1 saturated carbocycles. The molecule has 3 rings (SSSR count). The van der Waals surface area contributed by atoms with Crippen molar-refractivity contribution in [3.05, 3.63) is 34.9 Å². The average Bonchev–Trinajstić information content (AvgIpc) is 2.62. The summed E-state index contributed by atoms with van der Waals surface area (Å²) in [7, 11) is 0. The van der Waals surface area contributed by atoms with Crippen molar-refractivity contribution in [2.45, 2.75) is 103 Å². The fourth-order valence-electron chi connectivity index (χ4n) is 5.23. The van der Waals surface area contributed by atoms with Gasteiger partial charge in [-0.25, -0.2) is 0 Å². The number of hydrogen-bond acceptors (Lipinski definition) is 0. The van der Waals surface area contributed by atoms with Gasteiger partial charge in [0.2, 0.25) is 0 Å². The second-order valence-corrected chi connectivity index (χ2v) is 8.64. The van der Waals surface area contributed by atoms with E-state index in [2.05, 4.69) is 32.0 Å². The van der Waals surface area contributed by atoms with Gasteiger partial charge in [0.1, 0.15) is 0 Å². The molecule has 1 fully saturated rings. The van der Waals surface area contributed by atoms with Crippen LogP contribution in [0.2, 0.25) is 0 Å². The van der Waals surface area contributed by atoms with E-state index in [1.807, 2.05) is 0 Å². The minimum Gasteiger partial charge on any atom is -0.0654 e. The molecule has 1 unspecified atom stereocenters. The van der Waals surface area contributed by atoms with Gasteiger partial charge in [0.15, 0.2) is 0 Å². The lowest BCUT2D eigenvalue weighted by atomic mass is 9.75. The molecule has 1 aromatic rings. The maximum Gasteiger partial charge on any atom is -0.0162 e. The Labute approximate surface area is 150 Å². The van der Waals surface area contributed by atoms with E-state index in [-0.39, 0.29) is 0 Å². The standard InChI is InChI=1S/C24H38/c1-3-5-6-8-20-11-14-24-18-23(16-15-22(24)17-20)21-12-9-19(7-4-2)10-13-21/h15-16,18-21H,3-14,17H2,1-2H3/t19-,20?,21-. The molecule has 1 aromatic carbocycles. The van der Waals surface area contributed by atoms with Crippen LogP contribution in [-0.4, -0.2) is 0 Å². The highest BCUT2D eigenvalue weighted by atomic mass is 14.3. The minimum absolute atomic E-state index is 0.852. The predicted octanol–water partition coefficient (Wildman–Crippen LogP) is 7.45. The van der Waals surface area contributed by atoms with Crippen molar-refractivity contribution >= 4 is 0 Å². The summed E-state index contributed by atoms with van der Waals surface area (Å²) in [4.78, 5) is 0. The van der Waals surface area contributed by atoms with E-state index >= 15 is 0 Å². The van der Waals surface area contributed by atoms with Crippen LogP contribution in [-0.2, 0) is 12.8 Å². The van der Waals surface area contributed by atoms with Crippen LogP contribution in [0.15, 0.2) is 18.2 Å². The smallest absolute Gasteiger partial charge is 0.0162 e. The number of hydrogen-bond donors (Lipinski definition) is 0. The largest absolute Gasteiger partial charge is 0.0654 e. The highest BCUT2D eigenvalue weighted by Gasteiger charge is 2.24. The van der Waals surface area contributed by atoms with Gasteiger partial charge in [0.05, 0.1) is 0 Å². The lowest BCUT2D eigenvalue weighted by molar-refractivity contribution is 0.308. The SMILES string of the molecule is CCCCCC1CCc2cc([C@H]3CC[C@H](CCC)CC3)ccc2C1. The van der Waals surface area contributed by atoms with Gasteiger partial charge in [-0.3, -0.25) is 0 Å². The maximum absolute atomic E-state index is 2.60. The molecule has 0 N–H and O–H groups in total. The van der Waals surface area contributed by atoms with Crippen LogP contribution in [0.1, 0.15) is 107 Å². The van der Waals surface area contributed by atoms with E-state index in [0.29, 0.717) is 0 Å². The molecule has 0 heteroatoms. The lowest BCUT2D eigenvalue weighted by Gasteiger charge is -2.30. The van der Waals surface area contributed by atoms with Crippen LogP contribution in [0.4, 0.5) is 0 Å². The van der Waals surface area contributed by atoms with Crippen LogP contribution < -0.4 is 0 Å². The molecule has 0 bridgehead atoms. The first-order chi connectivity index (χ1) is 11.8. The monoisotopic (exact) mass is 326 g/mol. The molecule has 0 radical (unpaired) electrons. The number of unbranched alkanes of at least 4 members (excludes halogenated alkanes) is 2. The molecule has 0 spiro atoms. The summed E-state index contributed by atoms with van der Waals surface area (Å²) in [6.45, 7) is 4.65. The molecule has 1 atom stereocenters. The van der Waals surface area contributed by atoms with Gasteiger partial charge < -0.3 is 0 Å². The third kappa shape index (κ3) is 4.64. The molecule has 0 aromatic heterocycles. The highest BCUT2D eigenvalue weighted by Crippen LogP contribution is 2.39. The van der Waals surface area contributed by atoms with E-state index in [1.165, 1.54) is 83.5 Å². The molecule has 134 valence electrons. The maximum atomic E-state index is 2.60. The topological polar surface area (TPSA) is 0 Å². The molecule has 0 amide bonds. The van der Waals surface area contributed by atoms with E-state index < -0.39 is 0 Å². The Morgan fingerprint density at radius 2 is 1.62 bits per heavy atom. The van der Waals surface area contributed by atoms with E-state index in [4.69, 9.17) is 0 Å². The Bertz CT molecular complexity index is 493. The van der Waals surface area contributed by atoms with Gasteiger partial charge in [-0.05, 0) is 79.4 Å².